The van der Waals surface area contributed by atoms with E-state index in [1.807, 2.05) is 13.8 Å². The summed E-state index contributed by atoms with van der Waals surface area (Å²) in [7, 11) is 0. The van der Waals surface area contributed by atoms with Crippen LogP contribution >= 0.6 is 0 Å². The normalized spacial score (nSPS) is 10.2. The highest BCUT2D eigenvalue weighted by molar-refractivity contribution is 5.94. The lowest BCUT2D eigenvalue weighted by atomic mass is 10.2. The van der Waals surface area contributed by atoms with Gasteiger partial charge in [0.05, 0.1) is 24.5 Å². The summed E-state index contributed by atoms with van der Waals surface area (Å²) in [6.07, 6.45) is 3.06. The Labute approximate surface area is 94.5 Å². The first-order valence-electron chi connectivity index (χ1n) is 5.14. The summed E-state index contributed by atoms with van der Waals surface area (Å²) in [6, 6.07) is 1.62. The number of rotatable bonds is 5. The Balaban J connectivity index is 2.69. The highest BCUT2D eigenvalue weighted by Crippen LogP contribution is 2.12. The molecule has 0 bridgehead atoms. The number of hydrogen-bond acceptors (Lipinski definition) is 4. The van der Waals surface area contributed by atoms with Crippen molar-refractivity contribution in [1.29, 1.82) is 0 Å². The summed E-state index contributed by atoms with van der Waals surface area (Å²) in [5.74, 6) is 0.294. The molecule has 1 aromatic heterocycles. The van der Waals surface area contributed by atoms with E-state index in [1.54, 1.807) is 12.3 Å². The van der Waals surface area contributed by atoms with Gasteiger partial charge in [0.15, 0.2) is 0 Å². The molecule has 0 atom stereocenters. The average Bonchev–Trinajstić information content (AvgIpc) is 2.25. The van der Waals surface area contributed by atoms with Gasteiger partial charge in [0.25, 0.3) is 5.91 Å². The van der Waals surface area contributed by atoms with Crippen LogP contribution in [0.15, 0.2) is 18.5 Å². The van der Waals surface area contributed by atoms with Gasteiger partial charge in [-0.15, -0.1) is 0 Å². The summed E-state index contributed by atoms with van der Waals surface area (Å²) < 4.78 is 5.42. The fourth-order valence-corrected chi connectivity index (χ4v) is 1.15. The summed E-state index contributed by atoms with van der Waals surface area (Å²) in [4.78, 5) is 15.4. The van der Waals surface area contributed by atoms with Crippen LogP contribution in [-0.2, 0) is 0 Å². The molecule has 5 nitrogen and oxygen atoms in total. The van der Waals surface area contributed by atoms with Crippen LogP contribution < -0.4 is 10.1 Å². The van der Waals surface area contributed by atoms with Gasteiger partial charge >= 0.3 is 0 Å². The third kappa shape index (κ3) is 3.86. The number of ether oxygens (including phenoxy) is 1. The van der Waals surface area contributed by atoms with Crippen LogP contribution in [0.1, 0.15) is 24.2 Å². The van der Waals surface area contributed by atoms with E-state index in [0.29, 0.717) is 11.3 Å². The van der Waals surface area contributed by atoms with Crippen molar-refractivity contribution in [1.82, 2.24) is 10.3 Å². The number of aromatic nitrogens is 1. The van der Waals surface area contributed by atoms with Crippen molar-refractivity contribution in [3.8, 4) is 5.75 Å². The van der Waals surface area contributed by atoms with E-state index in [-0.39, 0.29) is 25.2 Å². The van der Waals surface area contributed by atoms with E-state index in [4.69, 9.17) is 9.84 Å². The molecule has 0 saturated heterocycles. The van der Waals surface area contributed by atoms with E-state index >= 15 is 0 Å². The quantitative estimate of drug-likeness (QED) is 0.768. The van der Waals surface area contributed by atoms with Gasteiger partial charge in [-0.2, -0.15) is 0 Å². The second-order valence-corrected chi connectivity index (χ2v) is 3.56. The molecule has 0 unspecified atom stereocenters. The predicted octanol–water partition coefficient (Wildman–Crippen LogP) is 0.591. The number of carbonyl (C=O) groups is 1. The SMILES string of the molecule is CC(C)Oc1cncc(C(=O)NCCO)c1. The van der Waals surface area contributed by atoms with Gasteiger partial charge in [0, 0.05) is 12.7 Å². The van der Waals surface area contributed by atoms with Gasteiger partial charge in [-0.1, -0.05) is 0 Å². The molecule has 0 aromatic carbocycles. The molecule has 0 aliphatic heterocycles. The van der Waals surface area contributed by atoms with Gasteiger partial charge in [0.2, 0.25) is 0 Å². The van der Waals surface area contributed by atoms with E-state index in [9.17, 15) is 4.79 Å². The van der Waals surface area contributed by atoms with Crippen molar-refractivity contribution >= 4 is 5.91 Å². The first-order valence-corrected chi connectivity index (χ1v) is 5.14. The minimum absolute atomic E-state index is 0.0394. The molecule has 1 aromatic rings. The molecule has 0 aliphatic carbocycles. The van der Waals surface area contributed by atoms with Crippen LogP contribution in [0, 0.1) is 0 Å². The van der Waals surface area contributed by atoms with Crippen molar-refractivity contribution in [2.24, 2.45) is 0 Å². The number of amides is 1. The van der Waals surface area contributed by atoms with Crippen molar-refractivity contribution < 1.29 is 14.6 Å². The highest BCUT2D eigenvalue weighted by Gasteiger charge is 2.07. The molecule has 5 heteroatoms. The molecule has 1 heterocycles. The Kier molecular flexibility index (Phi) is 4.72. The zero-order valence-corrected chi connectivity index (χ0v) is 9.43. The third-order valence-electron chi connectivity index (χ3n) is 1.74. The molecular formula is C11H16N2O3. The summed E-state index contributed by atoms with van der Waals surface area (Å²) >= 11 is 0. The molecule has 88 valence electrons. The standard InChI is InChI=1S/C11H16N2O3/c1-8(2)16-10-5-9(6-12-7-10)11(15)13-3-4-14/h5-8,14H,3-4H2,1-2H3,(H,13,15). The van der Waals surface area contributed by atoms with Gasteiger partial charge in [0.1, 0.15) is 5.75 Å². The number of pyridine rings is 1. The summed E-state index contributed by atoms with van der Waals surface area (Å²) in [6.45, 7) is 3.95. The lowest BCUT2D eigenvalue weighted by Crippen LogP contribution is -2.26. The predicted molar refractivity (Wildman–Crippen MR) is 59.4 cm³/mol. The average molecular weight is 224 g/mol. The monoisotopic (exact) mass is 224 g/mol. The van der Waals surface area contributed by atoms with Crippen LogP contribution in [0.3, 0.4) is 0 Å². The fourth-order valence-electron chi connectivity index (χ4n) is 1.15. The first-order chi connectivity index (χ1) is 7.63. The number of hydrogen-bond donors (Lipinski definition) is 2. The van der Waals surface area contributed by atoms with Crippen LogP contribution in [0.2, 0.25) is 0 Å². The molecule has 16 heavy (non-hydrogen) atoms. The second kappa shape index (κ2) is 6.07. The maximum Gasteiger partial charge on any atom is 0.253 e. The minimum atomic E-state index is -0.268. The van der Waals surface area contributed by atoms with Crippen molar-refractivity contribution in [3.63, 3.8) is 0 Å². The highest BCUT2D eigenvalue weighted by atomic mass is 16.5. The van der Waals surface area contributed by atoms with Crippen LogP contribution in [0.4, 0.5) is 0 Å². The van der Waals surface area contributed by atoms with Gasteiger partial charge in [-0.25, -0.2) is 0 Å². The Hall–Kier alpha value is -1.62. The van der Waals surface area contributed by atoms with E-state index < -0.39 is 0 Å². The van der Waals surface area contributed by atoms with Crippen molar-refractivity contribution in [2.45, 2.75) is 20.0 Å². The molecule has 0 fully saturated rings. The number of nitrogens with zero attached hydrogens (tertiary/aromatic N) is 1. The second-order valence-electron chi connectivity index (χ2n) is 3.56. The smallest absolute Gasteiger partial charge is 0.253 e. The minimum Gasteiger partial charge on any atom is -0.489 e. The van der Waals surface area contributed by atoms with Gasteiger partial charge in [-0.3, -0.25) is 9.78 Å². The Bertz CT molecular complexity index is 353. The Morgan fingerprint density at radius 2 is 2.31 bits per heavy atom. The maximum absolute atomic E-state index is 11.5. The molecule has 0 spiro atoms. The molecule has 1 rings (SSSR count). The summed E-state index contributed by atoms with van der Waals surface area (Å²) in [5.41, 5.74) is 0.423. The zero-order valence-electron chi connectivity index (χ0n) is 9.43. The maximum atomic E-state index is 11.5. The molecule has 1 amide bonds. The van der Waals surface area contributed by atoms with E-state index in [1.165, 1.54) is 6.20 Å². The summed E-state index contributed by atoms with van der Waals surface area (Å²) in [5, 5.41) is 11.1. The Morgan fingerprint density at radius 1 is 1.56 bits per heavy atom. The lowest BCUT2D eigenvalue weighted by molar-refractivity contribution is 0.0943. The molecular weight excluding hydrogens is 208 g/mol. The fraction of sp³-hybridized carbons (Fsp3) is 0.455. The van der Waals surface area contributed by atoms with Gasteiger partial charge < -0.3 is 15.2 Å². The zero-order chi connectivity index (χ0) is 12.0. The first kappa shape index (κ1) is 12.4. The number of nitrogens with one attached hydrogen (secondary N) is 1. The molecule has 0 aliphatic rings. The number of aliphatic hydroxyl groups is 1. The van der Waals surface area contributed by atoms with Crippen molar-refractivity contribution in [3.05, 3.63) is 24.0 Å². The third-order valence-corrected chi connectivity index (χ3v) is 1.74. The number of carbonyl (C=O) groups excluding carboxylic acids is 1. The number of aliphatic hydroxyl groups excluding tert-OH is 1. The van der Waals surface area contributed by atoms with E-state index in [2.05, 4.69) is 10.3 Å². The lowest BCUT2D eigenvalue weighted by Gasteiger charge is -2.10. The topological polar surface area (TPSA) is 71.5 Å². The van der Waals surface area contributed by atoms with E-state index in [0.717, 1.165) is 0 Å². The van der Waals surface area contributed by atoms with Crippen LogP contribution in [-0.4, -0.2) is 35.3 Å². The van der Waals surface area contributed by atoms with Crippen LogP contribution in [0.25, 0.3) is 0 Å². The van der Waals surface area contributed by atoms with Crippen molar-refractivity contribution in [2.75, 3.05) is 13.2 Å². The molecule has 2 N–H and O–H groups in total. The molecule has 0 radical (unpaired) electrons. The van der Waals surface area contributed by atoms with Crippen LogP contribution in [0.5, 0.6) is 5.75 Å². The van der Waals surface area contributed by atoms with Gasteiger partial charge in [-0.05, 0) is 19.9 Å². The Morgan fingerprint density at radius 3 is 2.94 bits per heavy atom. The molecule has 0 saturated carbocycles. The largest absolute Gasteiger partial charge is 0.489 e.